The van der Waals surface area contributed by atoms with Gasteiger partial charge in [-0.3, -0.25) is 4.79 Å². The van der Waals surface area contributed by atoms with E-state index in [2.05, 4.69) is 10.1 Å². The maximum atomic E-state index is 12.8. The van der Waals surface area contributed by atoms with Crippen molar-refractivity contribution in [2.75, 3.05) is 0 Å². The molecular formula is C12H12FN3O2. The lowest BCUT2D eigenvalue weighted by molar-refractivity contribution is 0.0946. The molecule has 0 bridgehead atoms. The standard InChI is InChI=1S/C12H12FN3O2/c1-2-9(14)10(17)11-15-12(18-16-11)7-3-5-8(13)6-4-7/h3-6,9H,2,14H2,1H3. The van der Waals surface area contributed by atoms with Gasteiger partial charge in [0.1, 0.15) is 5.82 Å². The van der Waals surface area contributed by atoms with Gasteiger partial charge in [0.25, 0.3) is 5.89 Å². The fraction of sp³-hybridized carbons (Fsp3) is 0.250. The Morgan fingerprint density at radius 2 is 2.11 bits per heavy atom. The summed E-state index contributed by atoms with van der Waals surface area (Å²) in [5, 5.41) is 3.57. The van der Waals surface area contributed by atoms with Crippen molar-refractivity contribution >= 4 is 5.78 Å². The molecule has 0 spiro atoms. The van der Waals surface area contributed by atoms with Crippen LogP contribution in [-0.2, 0) is 0 Å². The van der Waals surface area contributed by atoms with Gasteiger partial charge in [0.2, 0.25) is 11.6 Å². The molecule has 2 N–H and O–H groups in total. The van der Waals surface area contributed by atoms with E-state index in [1.165, 1.54) is 24.3 Å². The fourth-order valence-electron chi connectivity index (χ4n) is 1.38. The van der Waals surface area contributed by atoms with Gasteiger partial charge < -0.3 is 10.3 Å². The number of nitrogens with zero attached hydrogens (tertiary/aromatic N) is 2. The molecule has 0 saturated heterocycles. The second-order valence-corrected chi connectivity index (χ2v) is 3.81. The third-order valence-electron chi connectivity index (χ3n) is 2.51. The molecule has 5 nitrogen and oxygen atoms in total. The summed E-state index contributed by atoms with van der Waals surface area (Å²) >= 11 is 0. The van der Waals surface area contributed by atoms with Crippen LogP contribution in [0.5, 0.6) is 0 Å². The third-order valence-corrected chi connectivity index (χ3v) is 2.51. The van der Waals surface area contributed by atoms with Crippen molar-refractivity contribution in [1.29, 1.82) is 0 Å². The monoisotopic (exact) mass is 249 g/mol. The summed E-state index contributed by atoms with van der Waals surface area (Å²) in [5.74, 6) is -0.609. The van der Waals surface area contributed by atoms with Gasteiger partial charge in [0, 0.05) is 5.56 Å². The second-order valence-electron chi connectivity index (χ2n) is 3.81. The topological polar surface area (TPSA) is 82.0 Å². The smallest absolute Gasteiger partial charge is 0.258 e. The second kappa shape index (κ2) is 5.05. The van der Waals surface area contributed by atoms with Crippen molar-refractivity contribution in [1.82, 2.24) is 10.1 Å². The summed E-state index contributed by atoms with van der Waals surface area (Å²) in [5.41, 5.74) is 6.14. The average molecular weight is 249 g/mol. The van der Waals surface area contributed by atoms with Crippen molar-refractivity contribution in [3.63, 3.8) is 0 Å². The minimum atomic E-state index is -0.635. The highest BCUT2D eigenvalue weighted by Gasteiger charge is 2.20. The first-order chi connectivity index (χ1) is 8.61. The molecule has 1 atom stereocenters. The number of ketones is 1. The molecule has 1 unspecified atom stereocenters. The van der Waals surface area contributed by atoms with Crippen LogP contribution in [-0.4, -0.2) is 22.0 Å². The number of carbonyl (C=O) groups excluding carboxylic acids is 1. The molecule has 0 aliphatic carbocycles. The molecule has 94 valence electrons. The lowest BCUT2D eigenvalue weighted by Crippen LogP contribution is -2.30. The number of benzene rings is 1. The Balaban J connectivity index is 2.25. The van der Waals surface area contributed by atoms with Gasteiger partial charge in [-0.1, -0.05) is 12.1 Å². The summed E-state index contributed by atoms with van der Waals surface area (Å²) in [4.78, 5) is 15.7. The van der Waals surface area contributed by atoms with Crippen molar-refractivity contribution < 1.29 is 13.7 Å². The van der Waals surface area contributed by atoms with Gasteiger partial charge >= 0.3 is 0 Å². The van der Waals surface area contributed by atoms with Crippen molar-refractivity contribution in [3.8, 4) is 11.5 Å². The first-order valence-corrected chi connectivity index (χ1v) is 5.51. The van der Waals surface area contributed by atoms with E-state index in [1.807, 2.05) is 0 Å². The summed E-state index contributed by atoms with van der Waals surface area (Å²) in [6.45, 7) is 1.80. The SMILES string of the molecule is CCC(N)C(=O)c1noc(-c2ccc(F)cc2)n1. The van der Waals surface area contributed by atoms with Gasteiger partial charge in [0.15, 0.2) is 0 Å². The van der Waals surface area contributed by atoms with E-state index in [-0.39, 0.29) is 23.3 Å². The Labute approximate surface area is 103 Å². The van der Waals surface area contributed by atoms with Crippen LogP contribution in [0, 0.1) is 5.82 Å². The van der Waals surface area contributed by atoms with E-state index in [9.17, 15) is 9.18 Å². The van der Waals surface area contributed by atoms with Gasteiger partial charge in [0.05, 0.1) is 6.04 Å². The molecule has 1 aromatic heterocycles. The summed E-state index contributed by atoms with van der Waals surface area (Å²) in [6, 6.07) is 4.91. The Kier molecular flexibility index (Phi) is 3.47. The molecule has 2 aromatic rings. The molecule has 2 rings (SSSR count). The highest BCUT2D eigenvalue weighted by molar-refractivity contribution is 5.96. The highest BCUT2D eigenvalue weighted by atomic mass is 19.1. The molecule has 1 heterocycles. The predicted octanol–water partition coefficient (Wildman–Crippen LogP) is 1.80. The van der Waals surface area contributed by atoms with Crippen LogP contribution in [0.2, 0.25) is 0 Å². The van der Waals surface area contributed by atoms with E-state index >= 15 is 0 Å². The predicted molar refractivity (Wildman–Crippen MR) is 62.3 cm³/mol. The van der Waals surface area contributed by atoms with Gasteiger partial charge in [-0.15, -0.1) is 0 Å². The zero-order valence-electron chi connectivity index (χ0n) is 9.76. The largest absolute Gasteiger partial charge is 0.334 e. The van der Waals surface area contributed by atoms with E-state index in [4.69, 9.17) is 10.3 Å². The molecule has 0 aliphatic heterocycles. The van der Waals surface area contributed by atoms with Crippen LogP contribution in [0.4, 0.5) is 4.39 Å². The molecule has 0 aliphatic rings. The number of nitrogens with two attached hydrogens (primary N) is 1. The summed E-state index contributed by atoms with van der Waals surface area (Å²) in [6.07, 6.45) is 0.499. The van der Waals surface area contributed by atoms with E-state index in [0.717, 1.165) is 0 Å². The van der Waals surface area contributed by atoms with Crippen LogP contribution in [0.15, 0.2) is 28.8 Å². The van der Waals surface area contributed by atoms with Gasteiger partial charge in [-0.2, -0.15) is 4.98 Å². The molecule has 0 fully saturated rings. The van der Waals surface area contributed by atoms with Gasteiger partial charge in [-0.05, 0) is 30.7 Å². The van der Waals surface area contributed by atoms with Crippen molar-refractivity contribution in [2.24, 2.45) is 5.73 Å². The first kappa shape index (κ1) is 12.4. The van der Waals surface area contributed by atoms with E-state index in [0.29, 0.717) is 12.0 Å². The zero-order chi connectivity index (χ0) is 13.1. The maximum absolute atomic E-state index is 12.8. The fourth-order valence-corrected chi connectivity index (χ4v) is 1.38. The van der Waals surface area contributed by atoms with Gasteiger partial charge in [-0.25, -0.2) is 4.39 Å². The Bertz CT molecular complexity index is 551. The molecule has 18 heavy (non-hydrogen) atoms. The zero-order valence-corrected chi connectivity index (χ0v) is 9.76. The summed E-state index contributed by atoms with van der Waals surface area (Å²) < 4.78 is 17.7. The van der Waals surface area contributed by atoms with Crippen molar-refractivity contribution in [3.05, 3.63) is 35.9 Å². The molecule has 1 aromatic carbocycles. The molecule has 0 radical (unpaired) electrons. The molecule has 6 heteroatoms. The Hall–Kier alpha value is -2.08. The van der Waals surface area contributed by atoms with Crippen LogP contribution in [0.3, 0.4) is 0 Å². The highest BCUT2D eigenvalue weighted by Crippen LogP contribution is 2.17. The molecule has 0 saturated carbocycles. The number of halogens is 1. The number of hydrogen-bond acceptors (Lipinski definition) is 5. The van der Waals surface area contributed by atoms with Crippen molar-refractivity contribution in [2.45, 2.75) is 19.4 Å². The third kappa shape index (κ3) is 2.43. The maximum Gasteiger partial charge on any atom is 0.258 e. The average Bonchev–Trinajstić information content (AvgIpc) is 2.87. The lowest BCUT2D eigenvalue weighted by Gasteiger charge is -2.01. The lowest BCUT2D eigenvalue weighted by atomic mass is 10.1. The quantitative estimate of drug-likeness (QED) is 0.835. The number of rotatable bonds is 4. The minimum Gasteiger partial charge on any atom is -0.334 e. The number of Topliss-reactive ketones (excluding diaryl/α,β-unsaturated/α-hetero) is 1. The molecule has 0 amide bonds. The van der Waals surface area contributed by atoms with Crippen LogP contribution < -0.4 is 5.73 Å². The number of carbonyl (C=O) groups is 1. The number of aromatic nitrogens is 2. The van der Waals surface area contributed by atoms with E-state index < -0.39 is 6.04 Å². The summed E-state index contributed by atoms with van der Waals surface area (Å²) in [7, 11) is 0. The number of hydrogen-bond donors (Lipinski definition) is 1. The van der Waals surface area contributed by atoms with E-state index in [1.54, 1.807) is 6.92 Å². The normalized spacial score (nSPS) is 12.4. The van der Waals surface area contributed by atoms with Crippen LogP contribution in [0.1, 0.15) is 24.0 Å². The van der Waals surface area contributed by atoms with Crippen LogP contribution in [0.25, 0.3) is 11.5 Å². The van der Waals surface area contributed by atoms with Crippen LogP contribution >= 0.6 is 0 Å². The Morgan fingerprint density at radius 3 is 2.72 bits per heavy atom. The Morgan fingerprint density at radius 1 is 1.44 bits per heavy atom. The minimum absolute atomic E-state index is 0.0522. The first-order valence-electron chi connectivity index (χ1n) is 5.51. The molecular weight excluding hydrogens is 237 g/mol.